The highest BCUT2D eigenvalue weighted by Crippen LogP contribution is 2.08. The lowest BCUT2D eigenvalue weighted by Crippen LogP contribution is -2.06. The molecule has 0 aliphatic rings. The number of ether oxygens (including phenoxy) is 1. The number of carbonyl (C=O) groups excluding carboxylic acids is 1. The molecule has 0 aliphatic carbocycles. The average Bonchev–Trinajstić information content (AvgIpc) is 2.29. The molecular weight excluding hydrogens is 192 g/mol. The van der Waals surface area contributed by atoms with Gasteiger partial charge in [-0.05, 0) is 12.1 Å². The van der Waals surface area contributed by atoms with Gasteiger partial charge in [-0.2, -0.15) is 0 Å². The number of carbonyl (C=O) groups is 1. The van der Waals surface area contributed by atoms with Gasteiger partial charge in [0, 0.05) is 6.20 Å². The zero-order valence-corrected chi connectivity index (χ0v) is 8.30. The van der Waals surface area contributed by atoms with Crippen LogP contribution in [-0.2, 0) is 16.0 Å². The first-order chi connectivity index (χ1) is 7.29. The summed E-state index contributed by atoms with van der Waals surface area (Å²) in [5.74, 6) is -0.306. The number of benzene rings is 1. The fraction of sp³-hybridized carbons (Fsp3) is 0.182. The van der Waals surface area contributed by atoms with Crippen molar-refractivity contribution in [2.75, 3.05) is 7.11 Å². The molecule has 0 aliphatic heterocycles. The molecule has 4 nitrogen and oxygen atoms in total. The number of methoxy groups -OCH3 is 1. The maximum Gasteiger partial charge on any atom is 0.311 e. The first-order valence-electron chi connectivity index (χ1n) is 4.57. The van der Waals surface area contributed by atoms with E-state index in [-0.39, 0.29) is 12.4 Å². The van der Waals surface area contributed by atoms with Crippen LogP contribution in [0.2, 0.25) is 0 Å². The summed E-state index contributed by atoms with van der Waals surface area (Å²) in [7, 11) is 1.36. The highest BCUT2D eigenvalue weighted by atomic mass is 16.5. The number of nitrogens with zero attached hydrogens (tertiary/aromatic N) is 2. The van der Waals surface area contributed by atoms with Crippen molar-refractivity contribution in [1.29, 1.82) is 0 Å². The van der Waals surface area contributed by atoms with Crippen molar-refractivity contribution in [3.05, 3.63) is 36.2 Å². The predicted octanol–water partition coefficient (Wildman–Crippen LogP) is 1.35. The van der Waals surface area contributed by atoms with Crippen LogP contribution in [0.15, 0.2) is 30.5 Å². The molecule has 0 atom stereocenters. The third-order valence-corrected chi connectivity index (χ3v) is 2.05. The van der Waals surface area contributed by atoms with Gasteiger partial charge in [-0.25, -0.2) is 4.98 Å². The molecule has 0 saturated carbocycles. The molecule has 0 bridgehead atoms. The van der Waals surface area contributed by atoms with E-state index in [0.29, 0.717) is 5.69 Å². The second kappa shape index (κ2) is 4.04. The van der Waals surface area contributed by atoms with Crippen LogP contribution >= 0.6 is 0 Å². The van der Waals surface area contributed by atoms with Crippen LogP contribution < -0.4 is 0 Å². The van der Waals surface area contributed by atoms with Gasteiger partial charge in [0.2, 0.25) is 0 Å². The Labute approximate surface area is 86.9 Å². The number of hydrogen-bond donors (Lipinski definition) is 0. The average molecular weight is 202 g/mol. The maximum atomic E-state index is 11.0. The van der Waals surface area contributed by atoms with Crippen LogP contribution in [0.3, 0.4) is 0 Å². The van der Waals surface area contributed by atoms with Gasteiger partial charge in [0.05, 0.1) is 30.3 Å². The molecule has 0 amide bonds. The lowest BCUT2D eigenvalue weighted by atomic mass is 10.2. The van der Waals surface area contributed by atoms with Gasteiger partial charge in [0.15, 0.2) is 0 Å². The molecule has 0 fully saturated rings. The molecule has 0 unspecified atom stereocenters. The molecule has 0 radical (unpaired) electrons. The van der Waals surface area contributed by atoms with Crippen LogP contribution in [0, 0.1) is 0 Å². The Kier molecular flexibility index (Phi) is 2.58. The van der Waals surface area contributed by atoms with E-state index in [0.717, 1.165) is 11.0 Å². The van der Waals surface area contributed by atoms with E-state index in [1.165, 1.54) is 7.11 Å². The number of rotatable bonds is 2. The van der Waals surface area contributed by atoms with Crippen LogP contribution in [0.1, 0.15) is 5.69 Å². The summed E-state index contributed by atoms with van der Waals surface area (Å²) in [5, 5.41) is 0. The van der Waals surface area contributed by atoms with Crippen molar-refractivity contribution >= 4 is 17.0 Å². The number of aromatic nitrogens is 2. The van der Waals surface area contributed by atoms with Crippen molar-refractivity contribution in [3.63, 3.8) is 0 Å². The summed E-state index contributed by atoms with van der Waals surface area (Å²) in [4.78, 5) is 19.5. The Balaban J connectivity index is 2.34. The van der Waals surface area contributed by atoms with Gasteiger partial charge in [0.25, 0.3) is 0 Å². The summed E-state index contributed by atoms with van der Waals surface area (Å²) in [6, 6.07) is 7.53. The van der Waals surface area contributed by atoms with Crippen LogP contribution in [0.4, 0.5) is 0 Å². The molecule has 0 spiro atoms. The summed E-state index contributed by atoms with van der Waals surface area (Å²) >= 11 is 0. The minimum atomic E-state index is -0.306. The quantitative estimate of drug-likeness (QED) is 0.690. The molecule has 0 N–H and O–H groups in total. The zero-order chi connectivity index (χ0) is 10.7. The Morgan fingerprint density at radius 1 is 1.33 bits per heavy atom. The summed E-state index contributed by atoms with van der Waals surface area (Å²) in [6.45, 7) is 0. The van der Waals surface area contributed by atoms with Gasteiger partial charge in [-0.1, -0.05) is 12.1 Å². The normalized spacial score (nSPS) is 10.2. The number of para-hydroxylation sites is 2. The first-order valence-corrected chi connectivity index (χ1v) is 4.57. The number of hydrogen-bond acceptors (Lipinski definition) is 4. The summed E-state index contributed by atoms with van der Waals surface area (Å²) < 4.78 is 4.56. The largest absolute Gasteiger partial charge is 0.469 e. The summed E-state index contributed by atoms with van der Waals surface area (Å²) in [5.41, 5.74) is 2.24. The highest BCUT2D eigenvalue weighted by Gasteiger charge is 2.05. The topological polar surface area (TPSA) is 52.1 Å². The Bertz CT molecular complexity index is 497. The van der Waals surface area contributed by atoms with E-state index >= 15 is 0 Å². The third kappa shape index (κ3) is 2.10. The maximum absolute atomic E-state index is 11.0. The zero-order valence-electron chi connectivity index (χ0n) is 8.30. The van der Waals surface area contributed by atoms with E-state index in [1.807, 2.05) is 24.3 Å². The SMILES string of the molecule is COC(=O)Cc1cnc2ccccc2n1. The van der Waals surface area contributed by atoms with Gasteiger partial charge >= 0.3 is 5.97 Å². The molecule has 1 heterocycles. The Morgan fingerprint density at radius 3 is 2.80 bits per heavy atom. The number of esters is 1. The molecule has 2 rings (SSSR count). The predicted molar refractivity (Wildman–Crippen MR) is 55.3 cm³/mol. The van der Waals surface area contributed by atoms with Crippen molar-refractivity contribution in [2.24, 2.45) is 0 Å². The highest BCUT2D eigenvalue weighted by molar-refractivity contribution is 5.76. The van der Waals surface area contributed by atoms with Crippen LogP contribution in [0.5, 0.6) is 0 Å². The van der Waals surface area contributed by atoms with Gasteiger partial charge < -0.3 is 4.74 Å². The van der Waals surface area contributed by atoms with Crippen molar-refractivity contribution in [2.45, 2.75) is 6.42 Å². The number of fused-ring (bicyclic) bond motifs is 1. The second-order valence-corrected chi connectivity index (χ2v) is 3.10. The smallest absolute Gasteiger partial charge is 0.311 e. The monoisotopic (exact) mass is 202 g/mol. The van der Waals surface area contributed by atoms with Crippen LogP contribution in [0.25, 0.3) is 11.0 Å². The van der Waals surface area contributed by atoms with Gasteiger partial charge in [0.1, 0.15) is 0 Å². The van der Waals surface area contributed by atoms with Gasteiger partial charge in [-0.3, -0.25) is 9.78 Å². The molecule has 4 heteroatoms. The Morgan fingerprint density at radius 2 is 2.07 bits per heavy atom. The lowest BCUT2D eigenvalue weighted by molar-refractivity contribution is -0.139. The molecule has 15 heavy (non-hydrogen) atoms. The minimum Gasteiger partial charge on any atom is -0.469 e. The van der Waals surface area contributed by atoms with E-state index < -0.39 is 0 Å². The molecule has 1 aromatic heterocycles. The van der Waals surface area contributed by atoms with Gasteiger partial charge in [-0.15, -0.1) is 0 Å². The van der Waals surface area contributed by atoms with Crippen LogP contribution in [-0.4, -0.2) is 23.0 Å². The van der Waals surface area contributed by atoms with E-state index in [2.05, 4.69) is 14.7 Å². The fourth-order valence-electron chi connectivity index (χ4n) is 1.30. The molecular formula is C11H10N2O2. The molecule has 0 saturated heterocycles. The molecule has 1 aromatic carbocycles. The standard InChI is InChI=1S/C11H10N2O2/c1-15-11(14)6-8-7-12-9-4-2-3-5-10(9)13-8/h2-5,7H,6H2,1H3. The molecule has 76 valence electrons. The lowest BCUT2D eigenvalue weighted by Gasteiger charge is -2.00. The second-order valence-electron chi connectivity index (χ2n) is 3.10. The molecule has 2 aromatic rings. The fourth-order valence-corrected chi connectivity index (χ4v) is 1.30. The Hall–Kier alpha value is -1.97. The first kappa shape index (κ1) is 9.58. The van der Waals surface area contributed by atoms with E-state index in [1.54, 1.807) is 6.20 Å². The minimum absolute atomic E-state index is 0.161. The van der Waals surface area contributed by atoms with E-state index in [4.69, 9.17) is 0 Å². The third-order valence-electron chi connectivity index (χ3n) is 2.05. The van der Waals surface area contributed by atoms with E-state index in [9.17, 15) is 4.79 Å². The van der Waals surface area contributed by atoms with Crippen molar-refractivity contribution in [1.82, 2.24) is 9.97 Å². The van der Waals surface area contributed by atoms with Crippen molar-refractivity contribution in [3.8, 4) is 0 Å². The summed E-state index contributed by atoms with van der Waals surface area (Å²) in [6.07, 6.45) is 1.76. The van der Waals surface area contributed by atoms with Crippen molar-refractivity contribution < 1.29 is 9.53 Å².